The van der Waals surface area contributed by atoms with Crippen LogP contribution >= 0.6 is 12.4 Å². The first kappa shape index (κ1) is 16.2. The standard InChI is InChI=1S/C17H16N2O2.ClH/c1-11(20)19(2,3)12-8-9-16-15(10-12)13-6-4-5-7-14(13)17(21)18-16;/h4-10H,1-3H3;1H/p+1. The molecule has 5 heteroatoms. The molecule has 1 aromatic heterocycles. The minimum atomic E-state index is -0.0915. The number of hydrogen-bond donors (Lipinski definition) is 1. The molecule has 2 aromatic carbocycles. The lowest BCUT2D eigenvalue weighted by Gasteiger charge is -2.25. The Kier molecular flexibility index (Phi) is 4.09. The number of carbonyl (C=O) groups is 1. The van der Waals surface area contributed by atoms with Crippen LogP contribution in [0.25, 0.3) is 21.7 Å². The molecule has 0 bridgehead atoms. The molecule has 1 amide bonds. The maximum absolute atomic E-state index is 12.1. The zero-order chi connectivity index (χ0) is 15.2. The number of hydrogen-bond acceptors (Lipinski definition) is 2. The van der Waals surface area contributed by atoms with Crippen LogP contribution in [-0.2, 0) is 4.79 Å². The maximum Gasteiger partial charge on any atom is 0.315 e. The molecule has 0 aliphatic heterocycles. The van der Waals surface area contributed by atoms with Crippen LogP contribution in [0.5, 0.6) is 0 Å². The van der Waals surface area contributed by atoms with Gasteiger partial charge in [0.25, 0.3) is 5.56 Å². The molecule has 0 saturated heterocycles. The van der Waals surface area contributed by atoms with Gasteiger partial charge in [-0.2, -0.15) is 0 Å². The van der Waals surface area contributed by atoms with Crippen molar-refractivity contribution in [3.8, 4) is 0 Å². The Bertz CT molecular complexity index is 929. The first-order chi connectivity index (χ1) is 9.91. The van der Waals surface area contributed by atoms with Gasteiger partial charge in [0.05, 0.1) is 21.0 Å². The van der Waals surface area contributed by atoms with Gasteiger partial charge in [0, 0.05) is 28.4 Å². The summed E-state index contributed by atoms with van der Waals surface area (Å²) in [4.78, 5) is 26.8. The van der Waals surface area contributed by atoms with Crippen LogP contribution in [0, 0.1) is 0 Å². The number of aromatic amines is 1. The van der Waals surface area contributed by atoms with Crippen LogP contribution < -0.4 is 10.0 Å². The summed E-state index contributed by atoms with van der Waals surface area (Å²) in [5.41, 5.74) is 1.59. The number of H-pyrrole nitrogens is 1. The van der Waals surface area contributed by atoms with Gasteiger partial charge >= 0.3 is 5.91 Å². The summed E-state index contributed by atoms with van der Waals surface area (Å²) >= 11 is 0. The van der Waals surface area contributed by atoms with Crippen LogP contribution in [0.15, 0.2) is 47.3 Å². The fourth-order valence-corrected chi connectivity index (χ4v) is 2.50. The third-order valence-electron chi connectivity index (χ3n) is 4.15. The molecule has 0 spiro atoms. The first-order valence-corrected chi connectivity index (χ1v) is 6.82. The topological polar surface area (TPSA) is 49.9 Å². The van der Waals surface area contributed by atoms with Crippen molar-refractivity contribution >= 4 is 45.7 Å². The predicted octanol–water partition coefficient (Wildman–Crippen LogP) is 3.22. The van der Waals surface area contributed by atoms with E-state index in [0.717, 1.165) is 22.0 Å². The van der Waals surface area contributed by atoms with E-state index in [9.17, 15) is 9.59 Å². The monoisotopic (exact) mass is 317 g/mol. The smallest absolute Gasteiger partial charge is 0.315 e. The van der Waals surface area contributed by atoms with Gasteiger partial charge in [-0.1, -0.05) is 18.2 Å². The van der Waals surface area contributed by atoms with Crippen molar-refractivity contribution in [1.29, 1.82) is 0 Å². The van der Waals surface area contributed by atoms with Gasteiger partial charge in [-0.3, -0.25) is 4.79 Å². The number of halogens is 1. The second kappa shape index (κ2) is 5.55. The lowest BCUT2D eigenvalue weighted by Crippen LogP contribution is -2.44. The quantitative estimate of drug-likeness (QED) is 0.553. The van der Waals surface area contributed by atoms with Crippen molar-refractivity contribution in [2.45, 2.75) is 6.92 Å². The average Bonchev–Trinajstić information content (AvgIpc) is 2.47. The predicted molar refractivity (Wildman–Crippen MR) is 93.6 cm³/mol. The van der Waals surface area contributed by atoms with E-state index < -0.39 is 0 Å². The largest absolute Gasteiger partial charge is 0.321 e. The molecule has 114 valence electrons. The van der Waals surface area contributed by atoms with Gasteiger partial charge in [0.15, 0.2) is 0 Å². The van der Waals surface area contributed by atoms with Crippen molar-refractivity contribution < 1.29 is 4.79 Å². The Morgan fingerprint density at radius 2 is 1.64 bits per heavy atom. The highest BCUT2D eigenvalue weighted by Crippen LogP contribution is 2.28. The van der Waals surface area contributed by atoms with E-state index in [-0.39, 0.29) is 28.4 Å². The lowest BCUT2D eigenvalue weighted by molar-refractivity contribution is -0.125. The minimum absolute atomic E-state index is 0. The Morgan fingerprint density at radius 3 is 2.27 bits per heavy atom. The zero-order valence-electron chi connectivity index (χ0n) is 12.7. The van der Waals surface area contributed by atoms with E-state index in [0.29, 0.717) is 5.39 Å². The molecule has 3 aromatic rings. The number of amides is 1. The van der Waals surface area contributed by atoms with Gasteiger partial charge in [-0.25, -0.2) is 9.28 Å². The van der Waals surface area contributed by atoms with Gasteiger partial charge in [0.1, 0.15) is 5.69 Å². The van der Waals surface area contributed by atoms with Crippen LogP contribution in [0.2, 0.25) is 0 Å². The number of nitrogens with zero attached hydrogens (tertiary/aromatic N) is 1. The van der Waals surface area contributed by atoms with E-state index in [2.05, 4.69) is 4.98 Å². The summed E-state index contributed by atoms with van der Waals surface area (Å²) in [6, 6.07) is 13.2. The van der Waals surface area contributed by atoms with Crippen LogP contribution in [0.3, 0.4) is 0 Å². The van der Waals surface area contributed by atoms with Crippen LogP contribution in [-0.4, -0.2) is 25.0 Å². The number of aromatic nitrogens is 1. The minimum Gasteiger partial charge on any atom is -0.321 e. The third-order valence-corrected chi connectivity index (χ3v) is 4.15. The van der Waals surface area contributed by atoms with Crippen LogP contribution in [0.4, 0.5) is 5.69 Å². The molecular formula is C17H18ClN2O2+. The number of pyridine rings is 1. The van der Waals surface area contributed by atoms with Crippen molar-refractivity contribution in [3.63, 3.8) is 0 Å². The molecule has 3 rings (SSSR count). The summed E-state index contributed by atoms with van der Waals surface area (Å²) in [5, 5.41) is 2.52. The van der Waals surface area contributed by atoms with E-state index in [1.807, 2.05) is 56.6 Å². The second-order valence-electron chi connectivity index (χ2n) is 5.70. The van der Waals surface area contributed by atoms with Crippen molar-refractivity contribution in [1.82, 2.24) is 9.47 Å². The zero-order valence-corrected chi connectivity index (χ0v) is 13.5. The van der Waals surface area contributed by atoms with E-state index in [1.165, 1.54) is 0 Å². The van der Waals surface area contributed by atoms with Crippen molar-refractivity contribution in [3.05, 3.63) is 52.8 Å². The highest BCUT2D eigenvalue weighted by molar-refractivity contribution is 6.06. The Hall–Kier alpha value is -2.17. The van der Waals surface area contributed by atoms with Crippen LogP contribution in [0.1, 0.15) is 6.92 Å². The Labute approximate surface area is 134 Å². The third kappa shape index (κ3) is 2.40. The maximum atomic E-state index is 12.1. The average molecular weight is 318 g/mol. The Morgan fingerprint density at radius 1 is 1.00 bits per heavy atom. The molecule has 0 radical (unpaired) electrons. The molecule has 0 saturated carbocycles. The van der Waals surface area contributed by atoms with Gasteiger partial charge in [-0.15, -0.1) is 12.4 Å². The van der Waals surface area contributed by atoms with Crippen molar-refractivity contribution in [2.24, 2.45) is 0 Å². The molecule has 1 N–H and O–H groups in total. The summed E-state index contributed by atoms with van der Waals surface area (Å²) in [7, 11) is 3.72. The number of benzene rings is 2. The van der Waals surface area contributed by atoms with E-state index in [4.69, 9.17) is 0 Å². The fraction of sp³-hybridized carbons (Fsp3) is 0.176. The molecule has 0 fully saturated rings. The molecule has 0 aliphatic rings. The lowest BCUT2D eigenvalue weighted by atomic mass is 10.1. The Balaban J connectivity index is 0.00000176. The second-order valence-corrected chi connectivity index (χ2v) is 5.70. The fourth-order valence-electron chi connectivity index (χ4n) is 2.50. The highest BCUT2D eigenvalue weighted by atomic mass is 35.5. The number of quaternary nitrogens is 1. The SMILES string of the molecule is CC(=O)[N+](C)(C)c1ccc2[nH]c(=O)c3ccccc3c2c1.Cl. The number of carbonyl (C=O) groups excluding carboxylic acids is 1. The molecule has 1 heterocycles. The molecule has 0 aliphatic carbocycles. The molecule has 22 heavy (non-hydrogen) atoms. The van der Waals surface area contributed by atoms with Gasteiger partial charge < -0.3 is 4.98 Å². The summed E-state index contributed by atoms with van der Waals surface area (Å²) in [5.74, 6) is 0.0584. The number of rotatable bonds is 1. The molecule has 0 atom stereocenters. The van der Waals surface area contributed by atoms with E-state index >= 15 is 0 Å². The van der Waals surface area contributed by atoms with Gasteiger partial charge in [-0.05, 0) is 17.5 Å². The normalized spacial score (nSPS) is 11.4. The van der Waals surface area contributed by atoms with Crippen molar-refractivity contribution in [2.75, 3.05) is 14.1 Å². The number of nitrogens with one attached hydrogen (secondary N) is 1. The summed E-state index contributed by atoms with van der Waals surface area (Å²) in [6.07, 6.45) is 0. The highest BCUT2D eigenvalue weighted by Gasteiger charge is 2.25. The number of fused-ring (bicyclic) bond motifs is 3. The molecular weight excluding hydrogens is 300 g/mol. The van der Waals surface area contributed by atoms with Gasteiger partial charge in [0.2, 0.25) is 0 Å². The van der Waals surface area contributed by atoms with E-state index in [1.54, 1.807) is 6.92 Å². The first-order valence-electron chi connectivity index (χ1n) is 6.82. The molecule has 4 nitrogen and oxygen atoms in total. The molecule has 0 unspecified atom stereocenters. The summed E-state index contributed by atoms with van der Waals surface area (Å²) < 4.78 is 0.170. The summed E-state index contributed by atoms with van der Waals surface area (Å²) in [6.45, 7) is 1.58.